The lowest BCUT2D eigenvalue weighted by Crippen LogP contribution is -2.40. The van der Waals surface area contributed by atoms with Crippen LogP contribution >= 0.6 is 24.0 Å². The second kappa shape index (κ2) is 10.1. The number of carbonyl (C=O) groups is 1. The van der Waals surface area contributed by atoms with Crippen molar-refractivity contribution in [3.63, 3.8) is 0 Å². The molecule has 0 bridgehead atoms. The number of rotatable bonds is 5. The minimum Gasteiger partial charge on any atom is -0.497 e. The first-order valence-corrected chi connectivity index (χ1v) is 13.3. The molecule has 5 rings (SSSR count). The molecule has 4 heterocycles. The number of carbonyl (C=O) groups excluding carboxylic acids is 1. The van der Waals surface area contributed by atoms with Gasteiger partial charge in [-0.2, -0.15) is 0 Å². The lowest BCUT2D eigenvalue weighted by atomic mass is 10.0. The molecule has 2 aliphatic rings. The number of aryl methyl sites for hydroxylation is 1. The smallest absolute Gasteiger partial charge is 0.267 e. The number of benzene rings is 1. The summed E-state index contributed by atoms with van der Waals surface area (Å²) in [6.45, 7) is 5.29. The number of hydrogen-bond donors (Lipinski definition) is 0. The largest absolute Gasteiger partial charge is 0.497 e. The van der Waals surface area contributed by atoms with Gasteiger partial charge < -0.3 is 9.64 Å². The second-order valence-electron chi connectivity index (χ2n) is 9.24. The molecule has 36 heavy (non-hydrogen) atoms. The highest BCUT2D eigenvalue weighted by Gasteiger charge is 2.33. The topological polar surface area (TPSA) is 67.2 Å². The Balaban J connectivity index is 1.55. The first-order chi connectivity index (χ1) is 17.4. The number of anilines is 1. The molecule has 2 saturated heterocycles. The van der Waals surface area contributed by atoms with Crippen LogP contribution in [0.5, 0.6) is 5.75 Å². The van der Waals surface area contributed by atoms with Crippen molar-refractivity contribution in [2.24, 2.45) is 0 Å². The molecule has 7 nitrogen and oxygen atoms in total. The van der Waals surface area contributed by atoms with Crippen LogP contribution in [0.2, 0.25) is 0 Å². The van der Waals surface area contributed by atoms with Gasteiger partial charge in [0.05, 0.1) is 24.1 Å². The van der Waals surface area contributed by atoms with Gasteiger partial charge in [-0.05, 0) is 68.5 Å². The predicted octanol–water partition coefficient (Wildman–Crippen LogP) is 4.79. The number of hydrogen-bond acceptors (Lipinski definition) is 7. The third kappa shape index (κ3) is 4.65. The zero-order chi connectivity index (χ0) is 25.4. The van der Waals surface area contributed by atoms with Gasteiger partial charge in [0.15, 0.2) is 0 Å². The maximum atomic E-state index is 13.7. The van der Waals surface area contributed by atoms with E-state index in [9.17, 15) is 9.59 Å². The summed E-state index contributed by atoms with van der Waals surface area (Å²) in [5.41, 5.74) is 2.75. The van der Waals surface area contributed by atoms with Gasteiger partial charge in [0, 0.05) is 18.8 Å². The Morgan fingerprint density at radius 1 is 1.17 bits per heavy atom. The van der Waals surface area contributed by atoms with Gasteiger partial charge in [0.1, 0.15) is 21.5 Å². The van der Waals surface area contributed by atoms with Crippen molar-refractivity contribution in [1.82, 2.24) is 14.3 Å². The van der Waals surface area contributed by atoms with E-state index in [4.69, 9.17) is 21.9 Å². The number of methoxy groups -OCH3 is 1. The molecule has 9 heteroatoms. The van der Waals surface area contributed by atoms with Crippen LogP contribution in [-0.2, 0) is 11.3 Å². The van der Waals surface area contributed by atoms with Gasteiger partial charge in [-0.15, -0.1) is 0 Å². The fourth-order valence-electron chi connectivity index (χ4n) is 4.69. The summed E-state index contributed by atoms with van der Waals surface area (Å²) in [4.78, 5) is 36.3. The number of nitrogens with zero attached hydrogens (tertiary/aromatic N) is 4. The normalized spacial score (nSPS) is 19.5. The first kappa shape index (κ1) is 24.5. The van der Waals surface area contributed by atoms with E-state index in [1.165, 1.54) is 11.8 Å². The molecule has 0 N–H and O–H groups in total. The SMILES string of the molecule is COc1ccc(CN2C(=O)/C(=C\c3c(N4CCCCC4C)nc4ccc(C)cn4c3=O)SC2=S)cc1. The molecule has 186 valence electrons. The van der Waals surface area contributed by atoms with E-state index >= 15 is 0 Å². The Morgan fingerprint density at radius 3 is 2.67 bits per heavy atom. The van der Waals surface area contributed by atoms with E-state index in [0.717, 1.165) is 42.7 Å². The number of ether oxygens (including phenoxy) is 1. The number of thioether (sulfide) groups is 1. The van der Waals surface area contributed by atoms with Crippen molar-refractivity contribution in [3.8, 4) is 5.75 Å². The third-order valence-corrected chi connectivity index (χ3v) is 8.09. The van der Waals surface area contributed by atoms with E-state index in [0.29, 0.717) is 32.8 Å². The highest BCUT2D eigenvalue weighted by molar-refractivity contribution is 8.26. The molecule has 2 fully saturated rings. The van der Waals surface area contributed by atoms with E-state index < -0.39 is 0 Å². The van der Waals surface area contributed by atoms with Crippen LogP contribution in [-0.4, -0.2) is 44.2 Å². The molecule has 1 unspecified atom stereocenters. The molecule has 0 saturated carbocycles. The Hall–Kier alpha value is -3.17. The van der Waals surface area contributed by atoms with E-state index in [-0.39, 0.29) is 17.5 Å². The van der Waals surface area contributed by atoms with E-state index in [1.807, 2.05) is 43.3 Å². The fourth-order valence-corrected chi connectivity index (χ4v) is 5.92. The monoisotopic (exact) mass is 520 g/mol. The van der Waals surface area contributed by atoms with Crippen LogP contribution in [0.4, 0.5) is 5.82 Å². The number of piperidine rings is 1. The lowest BCUT2D eigenvalue weighted by Gasteiger charge is -2.35. The predicted molar refractivity (Wildman–Crippen MR) is 149 cm³/mol. The molecule has 0 radical (unpaired) electrons. The Kier molecular flexibility index (Phi) is 6.85. The highest BCUT2D eigenvalue weighted by atomic mass is 32.2. The molecule has 1 atom stereocenters. The highest BCUT2D eigenvalue weighted by Crippen LogP contribution is 2.35. The average molecular weight is 521 g/mol. The summed E-state index contributed by atoms with van der Waals surface area (Å²) in [6.07, 6.45) is 6.72. The number of thiocarbonyl (C=S) groups is 1. The summed E-state index contributed by atoms with van der Waals surface area (Å²) >= 11 is 6.78. The van der Waals surface area contributed by atoms with Crippen molar-refractivity contribution >= 4 is 51.7 Å². The van der Waals surface area contributed by atoms with E-state index in [2.05, 4.69) is 11.8 Å². The van der Waals surface area contributed by atoms with Crippen LogP contribution in [0, 0.1) is 6.92 Å². The fraction of sp³-hybridized carbons (Fsp3) is 0.333. The summed E-state index contributed by atoms with van der Waals surface area (Å²) in [6, 6.07) is 11.6. The molecule has 0 aliphatic carbocycles. The summed E-state index contributed by atoms with van der Waals surface area (Å²) < 4.78 is 7.26. The van der Waals surface area contributed by atoms with E-state index in [1.54, 1.807) is 28.7 Å². The Morgan fingerprint density at radius 2 is 1.94 bits per heavy atom. The van der Waals surface area contributed by atoms with Gasteiger partial charge in [0.2, 0.25) is 0 Å². The maximum Gasteiger partial charge on any atom is 0.267 e. The van der Waals surface area contributed by atoms with Crippen molar-refractivity contribution in [1.29, 1.82) is 0 Å². The lowest BCUT2D eigenvalue weighted by molar-refractivity contribution is -0.122. The summed E-state index contributed by atoms with van der Waals surface area (Å²) in [5.74, 6) is 1.19. The number of amides is 1. The van der Waals surface area contributed by atoms with Gasteiger partial charge in [0.25, 0.3) is 11.5 Å². The average Bonchev–Trinajstić information content (AvgIpc) is 3.14. The van der Waals surface area contributed by atoms with Crippen LogP contribution in [0.15, 0.2) is 52.3 Å². The van der Waals surface area contributed by atoms with Crippen molar-refractivity contribution in [3.05, 3.63) is 74.5 Å². The standard InChI is InChI=1S/C27H28N4O3S2/c1-17-7-12-23-28-24(29-13-5-4-6-18(29)2)21(25(32)30(23)15-17)14-22-26(33)31(27(35)36-22)16-19-8-10-20(34-3)11-9-19/h7-12,14-15,18H,4-6,13,16H2,1-3H3/b22-14+. The summed E-state index contributed by atoms with van der Waals surface area (Å²) in [7, 11) is 1.62. The number of pyridine rings is 1. The van der Waals surface area contributed by atoms with Gasteiger partial charge in [-0.1, -0.05) is 42.2 Å². The number of fused-ring (bicyclic) bond motifs is 1. The molecule has 1 amide bonds. The molecule has 0 spiro atoms. The van der Waals surface area contributed by atoms with Crippen LogP contribution < -0.4 is 15.2 Å². The Bertz CT molecular complexity index is 1430. The molecule has 2 aromatic heterocycles. The Labute approximate surface area is 219 Å². The van der Waals surface area contributed by atoms with Crippen molar-refractivity contribution in [2.75, 3.05) is 18.6 Å². The zero-order valence-corrected chi connectivity index (χ0v) is 22.2. The summed E-state index contributed by atoms with van der Waals surface area (Å²) in [5, 5.41) is 0. The van der Waals surface area contributed by atoms with Crippen LogP contribution in [0.1, 0.15) is 42.9 Å². The minimum absolute atomic E-state index is 0.183. The first-order valence-electron chi connectivity index (χ1n) is 12.0. The van der Waals surface area contributed by atoms with Crippen molar-refractivity contribution in [2.45, 2.75) is 45.7 Å². The molecule has 3 aromatic rings. The third-order valence-electron chi connectivity index (χ3n) is 6.71. The maximum absolute atomic E-state index is 13.7. The van der Waals surface area contributed by atoms with Crippen LogP contribution in [0.3, 0.4) is 0 Å². The quantitative estimate of drug-likeness (QED) is 0.354. The minimum atomic E-state index is -0.202. The van der Waals surface area contributed by atoms with Gasteiger partial charge >= 0.3 is 0 Å². The number of aromatic nitrogens is 2. The van der Waals surface area contributed by atoms with Gasteiger partial charge in [-0.25, -0.2) is 4.98 Å². The van der Waals surface area contributed by atoms with Gasteiger partial charge in [-0.3, -0.25) is 18.9 Å². The molecule has 2 aliphatic heterocycles. The molecule has 1 aromatic carbocycles. The van der Waals surface area contributed by atoms with Crippen molar-refractivity contribution < 1.29 is 9.53 Å². The second-order valence-corrected chi connectivity index (χ2v) is 10.9. The van der Waals surface area contributed by atoms with Crippen LogP contribution in [0.25, 0.3) is 11.7 Å². The zero-order valence-electron chi connectivity index (χ0n) is 20.6. The molecular formula is C27H28N4O3S2. The molecular weight excluding hydrogens is 492 g/mol.